The molecule has 1 aliphatic heterocycles. The Bertz CT molecular complexity index is 1240. The Hall–Kier alpha value is -3.51. The van der Waals surface area contributed by atoms with Crippen molar-refractivity contribution in [2.24, 2.45) is 5.10 Å². The van der Waals surface area contributed by atoms with Gasteiger partial charge in [0.25, 0.3) is 0 Å². The lowest BCUT2D eigenvalue weighted by atomic mass is 9.98. The second-order valence-electron chi connectivity index (χ2n) is 7.69. The summed E-state index contributed by atoms with van der Waals surface area (Å²) < 4.78 is 1.89. The number of aromatic nitrogens is 2. The molecule has 0 fully saturated rings. The molecule has 0 saturated carbocycles. The summed E-state index contributed by atoms with van der Waals surface area (Å²) in [6, 6.07) is 22.3. The minimum absolute atomic E-state index is 0.0705. The second-order valence-corrected chi connectivity index (χ2v) is 8.63. The van der Waals surface area contributed by atoms with Gasteiger partial charge in [-0.1, -0.05) is 54.1 Å². The summed E-state index contributed by atoms with van der Waals surface area (Å²) in [7, 11) is 0. The molecule has 0 spiro atoms. The summed E-state index contributed by atoms with van der Waals surface area (Å²) in [6.45, 7) is 3.64. The first-order valence-corrected chi connectivity index (χ1v) is 11.1. The molecular weight excluding hydrogens is 404 g/mol. The molecule has 31 heavy (non-hydrogen) atoms. The fraction of sp³-hybridized carbons (Fsp3) is 0.160. The third-order valence-corrected chi connectivity index (χ3v) is 6.40. The highest BCUT2D eigenvalue weighted by atomic mass is 32.1. The number of para-hydroxylation sites is 1. The van der Waals surface area contributed by atoms with Crippen molar-refractivity contribution < 1.29 is 4.79 Å². The van der Waals surface area contributed by atoms with Gasteiger partial charge < -0.3 is 0 Å². The number of benzene rings is 2. The van der Waals surface area contributed by atoms with E-state index >= 15 is 0 Å². The predicted molar refractivity (Wildman–Crippen MR) is 124 cm³/mol. The Labute approximate surface area is 185 Å². The van der Waals surface area contributed by atoms with Crippen molar-refractivity contribution in [1.82, 2.24) is 14.8 Å². The first-order valence-electron chi connectivity index (χ1n) is 10.2. The number of thiophene rings is 1. The molecule has 0 saturated heterocycles. The molecule has 154 valence electrons. The first-order chi connectivity index (χ1) is 15.1. The Kier molecular flexibility index (Phi) is 5.00. The lowest BCUT2D eigenvalue weighted by molar-refractivity contribution is -0.130. The number of aryl methyl sites for hydroxylation is 1. The van der Waals surface area contributed by atoms with Gasteiger partial charge in [-0.3, -0.25) is 4.79 Å². The highest BCUT2D eigenvalue weighted by Crippen LogP contribution is 2.38. The quantitative estimate of drug-likeness (QED) is 0.426. The van der Waals surface area contributed by atoms with Gasteiger partial charge in [0, 0.05) is 30.7 Å². The van der Waals surface area contributed by atoms with Crippen molar-refractivity contribution in [1.29, 1.82) is 0 Å². The van der Waals surface area contributed by atoms with Gasteiger partial charge in [0.05, 0.1) is 28.0 Å². The first kappa shape index (κ1) is 19.5. The third-order valence-electron chi connectivity index (χ3n) is 5.49. The molecule has 2 aromatic heterocycles. The van der Waals surface area contributed by atoms with Crippen LogP contribution < -0.4 is 0 Å². The lowest BCUT2D eigenvalue weighted by Crippen LogP contribution is -2.24. The number of carbonyl (C=O) groups is 1. The van der Waals surface area contributed by atoms with Gasteiger partial charge in [0.2, 0.25) is 5.91 Å². The molecule has 0 radical (unpaired) electrons. The van der Waals surface area contributed by atoms with Gasteiger partial charge >= 0.3 is 0 Å². The third kappa shape index (κ3) is 3.70. The van der Waals surface area contributed by atoms with E-state index in [0.717, 1.165) is 33.1 Å². The van der Waals surface area contributed by atoms with Crippen LogP contribution in [0.4, 0.5) is 0 Å². The Balaban J connectivity index is 1.62. The van der Waals surface area contributed by atoms with Gasteiger partial charge in [-0.2, -0.15) is 10.2 Å². The van der Waals surface area contributed by atoms with Crippen molar-refractivity contribution in [2.75, 3.05) is 0 Å². The van der Waals surface area contributed by atoms with Gasteiger partial charge in [0.1, 0.15) is 0 Å². The molecule has 0 bridgehead atoms. The predicted octanol–water partition coefficient (Wildman–Crippen LogP) is 5.61. The van der Waals surface area contributed by atoms with Gasteiger partial charge in [0.15, 0.2) is 0 Å². The van der Waals surface area contributed by atoms with Gasteiger partial charge in [-0.15, -0.1) is 11.3 Å². The molecule has 5 rings (SSSR count). The number of amides is 1. The molecule has 0 aliphatic carbocycles. The molecule has 1 aliphatic rings. The van der Waals surface area contributed by atoms with E-state index < -0.39 is 0 Å². The van der Waals surface area contributed by atoms with Crippen LogP contribution in [0.15, 0.2) is 83.4 Å². The maximum Gasteiger partial charge on any atom is 0.240 e. The maximum absolute atomic E-state index is 12.5. The largest absolute Gasteiger partial charge is 0.273 e. The minimum Gasteiger partial charge on any atom is -0.273 e. The summed E-state index contributed by atoms with van der Waals surface area (Å²) in [4.78, 5) is 13.6. The molecule has 0 unspecified atom stereocenters. The number of nitrogens with zero attached hydrogens (tertiary/aromatic N) is 4. The summed E-state index contributed by atoms with van der Waals surface area (Å²) in [6.07, 6.45) is 2.71. The van der Waals surface area contributed by atoms with Crippen molar-refractivity contribution in [3.05, 3.63) is 94.3 Å². The number of hydrazone groups is 1. The van der Waals surface area contributed by atoms with E-state index in [1.165, 1.54) is 5.56 Å². The van der Waals surface area contributed by atoms with E-state index in [-0.39, 0.29) is 11.9 Å². The van der Waals surface area contributed by atoms with Crippen LogP contribution in [0.25, 0.3) is 16.9 Å². The molecule has 1 amide bonds. The SMILES string of the molecule is CC(=O)N1N=C(c2cccs2)C[C@@H]1c1cn(-c2ccccc2)nc1-c1ccc(C)cc1. The van der Waals surface area contributed by atoms with Crippen LogP contribution in [0.1, 0.15) is 35.4 Å². The van der Waals surface area contributed by atoms with Gasteiger partial charge in [-0.25, -0.2) is 9.69 Å². The molecular formula is C25H22N4OS. The highest BCUT2D eigenvalue weighted by Gasteiger charge is 2.35. The zero-order valence-corrected chi connectivity index (χ0v) is 18.2. The summed E-state index contributed by atoms with van der Waals surface area (Å²) in [5, 5.41) is 13.3. The van der Waals surface area contributed by atoms with Crippen molar-refractivity contribution in [2.45, 2.75) is 26.3 Å². The van der Waals surface area contributed by atoms with Crippen LogP contribution in [0.5, 0.6) is 0 Å². The number of hydrogen-bond donors (Lipinski definition) is 0. The standard InChI is InChI=1S/C25H22N4OS/c1-17-10-12-19(13-11-17)25-21(16-28(27-25)20-7-4-3-5-8-20)23-15-22(24-9-6-14-31-24)26-29(23)18(2)30/h3-14,16,23H,15H2,1-2H3/t23-/m1/s1. The van der Waals surface area contributed by atoms with Crippen molar-refractivity contribution >= 4 is 23.0 Å². The van der Waals surface area contributed by atoms with E-state index in [1.54, 1.807) is 23.3 Å². The number of hydrogen-bond acceptors (Lipinski definition) is 4. The molecule has 1 atom stereocenters. The van der Waals surface area contributed by atoms with Gasteiger partial charge in [-0.05, 0) is 30.5 Å². The zero-order chi connectivity index (χ0) is 21.4. The van der Waals surface area contributed by atoms with Crippen LogP contribution in [0.3, 0.4) is 0 Å². The average Bonchev–Trinajstić information content (AvgIpc) is 3.53. The normalized spacial score (nSPS) is 15.9. The molecule has 4 aromatic rings. The van der Waals surface area contributed by atoms with E-state index in [1.807, 2.05) is 52.7 Å². The number of carbonyl (C=O) groups excluding carboxylic acids is 1. The maximum atomic E-state index is 12.5. The van der Waals surface area contributed by atoms with Crippen LogP contribution in [0, 0.1) is 6.92 Å². The van der Waals surface area contributed by atoms with Crippen molar-refractivity contribution in [3.8, 4) is 16.9 Å². The van der Waals surface area contributed by atoms with Crippen LogP contribution in [-0.4, -0.2) is 26.4 Å². The molecule has 3 heterocycles. The fourth-order valence-electron chi connectivity index (χ4n) is 3.91. The van der Waals surface area contributed by atoms with E-state index in [0.29, 0.717) is 6.42 Å². The van der Waals surface area contributed by atoms with E-state index in [2.05, 4.69) is 37.3 Å². The average molecular weight is 427 g/mol. The van der Waals surface area contributed by atoms with E-state index in [4.69, 9.17) is 10.2 Å². The second kappa shape index (κ2) is 7.96. The Morgan fingerprint density at radius 1 is 1.03 bits per heavy atom. The molecule has 5 nitrogen and oxygen atoms in total. The van der Waals surface area contributed by atoms with Crippen LogP contribution in [0.2, 0.25) is 0 Å². The number of rotatable bonds is 4. The monoisotopic (exact) mass is 426 g/mol. The Morgan fingerprint density at radius 2 is 1.81 bits per heavy atom. The van der Waals surface area contributed by atoms with Crippen molar-refractivity contribution in [3.63, 3.8) is 0 Å². The lowest BCUT2D eigenvalue weighted by Gasteiger charge is -2.20. The molecule has 2 aromatic carbocycles. The van der Waals surface area contributed by atoms with E-state index in [9.17, 15) is 4.79 Å². The smallest absolute Gasteiger partial charge is 0.240 e. The molecule has 6 heteroatoms. The summed E-state index contributed by atoms with van der Waals surface area (Å²) in [5.74, 6) is -0.0705. The summed E-state index contributed by atoms with van der Waals surface area (Å²) in [5.41, 5.74) is 6.03. The minimum atomic E-state index is -0.191. The summed E-state index contributed by atoms with van der Waals surface area (Å²) >= 11 is 1.65. The zero-order valence-electron chi connectivity index (χ0n) is 17.4. The Morgan fingerprint density at radius 3 is 2.48 bits per heavy atom. The van der Waals surface area contributed by atoms with Crippen LogP contribution in [-0.2, 0) is 4.79 Å². The highest BCUT2D eigenvalue weighted by molar-refractivity contribution is 7.12. The topological polar surface area (TPSA) is 50.5 Å². The van der Waals surface area contributed by atoms with Crippen LogP contribution >= 0.6 is 11.3 Å². The fourth-order valence-corrected chi connectivity index (χ4v) is 4.64. The molecule has 0 N–H and O–H groups in total.